The van der Waals surface area contributed by atoms with Crippen molar-refractivity contribution in [2.45, 2.75) is 0 Å². The van der Waals surface area contributed by atoms with E-state index in [-0.39, 0.29) is 12.5 Å². The summed E-state index contributed by atoms with van der Waals surface area (Å²) in [6.45, 7) is -0.0473. The Morgan fingerprint density at radius 2 is 1.84 bits per heavy atom. The normalized spacial score (nSPS) is 10.5. The number of para-hydroxylation sites is 1. The van der Waals surface area contributed by atoms with Crippen LogP contribution < -0.4 is 10.2 Å². The molecular weight excluding hydrogens is 314 g/mol. The number of amides is 1. The van der Waals surface area contributed by atoms with Crippen molar-refractivity contribution in [2.75, 3.05) is 6.61 Å². The molecule has 3 aromatic rings. The first-order valence-corrected chi connectivity index (χ1v) is 7.69. The van der Waals surface area contributed by atoms with Crippen LogP contribution in [0.5, 0.6) is 5.75 Å². The first kappa shape index (κ1) is 16.2. The van der Waals surface area contributed by atoms with Crippen LogP contribution in [0.15, 0.2) is 71.8 Å². The summed E-state index contributed by atoms with van der Waals surface area (Å²) in [4.78, 5) is 12.2. The van der Waals surface area contributed by atoms with Crippen LogP contribution >= 0.6 is 0 Å². The number of fused-ring (bicyclic) bond motifs is 1. The summed E-state index contributed by atoms with van der Waals surface area (Å²) >= 11 is 0. The minimum atomic E-state index is -0.294. The van der Waals surface area contributed by atoms with Crippen LogP contribution in [0.25, 0.3) is 10.8 Å². The van der Waals surface area contributed by atoms with Gasteiger partial charge in [0.2, 0.25) is 0 Å². The van der Waals surface area contributed by atoms with Gasteiger partial charge in [0.05, 0.1) is 6.21 Å². The van der Waals surface area contributed by atoms with Crippen LogP contribution in [-0.4, -0.2) is 18.7 Å². The van der Waals surface area contributed by atoms with Gasteiger partial charge in [0, 0.05) is 11.1 Å². The van der Waals surface area contributed by atoms with E-state index >= 15 is 0 Å². The smallest absolute Gasteiger partial charge is 0.271 e. The molecule has 0 saturated carbocycles. The molecule has 5 heteroatoms. The summed E-state index contributed by atoms with van der Waals surface area (Å²) in [5.74, 6) is 0.241. The standard InChI is InChI=1S/C20H15N3O2/c21-11-12-25-19-8-4-3-7-18(19)14-22-23-20(24)17-10-9-15-5-1-2-6-16(15)13-17/h1-10,13-14H,12H2,(H,23,24)/b22-14-. The zero-order valence-electron chi connectivity index (χ0n) is 13.3. The zero-order valence-corrected chi connectivity index (χ0v) is 13.3. The number of carbonyl (C=O) groups is 1. The molecule has 25 heavy (non-hydrogen) atoms. The molecule has 0 atom stereocenters. The van der Waals surface area contributed by atoms with Gasteiger partial charge in [0.25, 0.3) is 5.91 Å². The number of rotatable bonds is 5. The molecule has 0 aliphatic heterocycles. The van der Waals surface area contributed by atoms with Gasteiger partial charge in [0.1, 0.15) is 11.8 Å². The lowest BCUT2D eigenvalue weighted by atomic mass is 10.1. The average Bonchev–Trinajstić information content (AvgIpc) is 2.66. The van der Waals surface area contributed by atoms with Gasteiger partial charge in [-0.05, 0) is 35.0 Å². The molecule has 0 aromatic heterocycles. The Bertz CT molecular complexity index is 974. The van der Waals surface area contributed by atoms with Crippen molar-refractivity contribution in [3.63, 3.8) is 0 Å². The van der Waals surface area contributed by atoms with Gasteiger partial charge < -0.3 is 4.74 Å². The van der Waals surface area contributed by atoms with Crippen LogP contribution in [-0.2, 0) is 0 Å². The highest BCUT2D eigenvalue weighted by molar-refractivity contribution is 5.99. The van der Waals surface area contributed by atoms with Gasteiger partial charge in [-0.25, -0.2) is 5.43 Å². The summed E-state index contributed by atoms with van der Waals surface area (Å²) in [5.41, 5.74) is 3.72. The number of carbonyl (C=O) groups excluding carboxylic acids is 1. The predicted molar refractivity (Wildman–Crippen MR) is 96.6 cm³/mol. The zero-order chi connectivity index (χ0) is 17.5. The maximum atomic E-state index is 12.2. The molecule has 0 heterocycles. The van der Waals surface area contributed by atoms with E-state index in [0.717, 1.165) is 10.8 Å². The predicted octanol–water partition coefficient (Wildman–Crippen LogP) is 3.51. The van der Waals surface area contributed by atoms with E-state index in [0.29, 0.717) is 16.9 Å². The highest BCUT2D eigenvalue weighted by Gasteiger charge is 2.05. The van der Waals surface area contributed by atoms with E-state index in [4.69, 9.17) is 10.00 Å². The highest BCUT2D eigenvalue weighted by Crippen LogP contribution is 2.16. The minimum Gasteiger partial charge on any atom is -0.478 e. The number of nitrogens with zero attached hydrogens (tertiary/aromatic N) is 2. The van der Waals surface area contributed by atoms with Gasteiger partial charge in [0.15, 0.2) is 6.61 Å². The van der Waals surface area contributed by atoms with Gasteiger partial charge >= 0.3 is 0 Å². The third kappa shape index (κ3) is 4.01. The first-order valence-electron chi connectivity index (χ1n) is 7.69. The van der Waals surface area contributed by atoms with E-state index < -0.39 is 0 Å². The average molecular weight is 329 g/mol. The topological polar surface area (TPSA) is 74.5 Å². The second-order valence-electron chi connectivity index (χ2n) is 5.25. The lowest BCUT2D eigenvalue weighted by Gasteiger charge is -2.05. The summed E-state index contributed by atoms with van der Waals surface area (Å²) in [6, 6.07) is 22.4. The molecule has 0 saturated heterocycles. The van der Waals surface area contributed by atoms with Crippen molar-refractivity contribution in [3.05, 3.63) is 77.9 Å². The fourth-order valence-corrected chi connectivity index (χ4v) is 2.38. The summed E-state index contributed by atoms with van der Waals surface area (Å²) in [5, 5.41) is 14.7. The molecule has 0 fully saturated rings. The lowest BCUT2D eigenvalue weighted by molar-refractivity contribution is 0.0955. The van der Waals surface area contributed by atoms with Crippen molar-refractivity contribution in [3.8, 4) is 11.8 Å². The van der Waals surface area contributed by atoms with E-state index in [1.165, 1.54) is 6.21 Å². The van der Waals surface area contributed by atoms with E-state index in [1.807, 2.05) is 48.5 Å². The fourth-order valence-electron chi connectivity index (χ4n) is 2.38. The molecule has 122 valence electrons. The Morgan fingerprint density at radius 1 is 1.08 bits per heavy atom. The molecule has 3 rings (SSSR count). The van der Waals surface area contributed by atoms with Crippen LogP contribution in [0.1, 0.15) is 15.9 Å². The molecule has 0 aliphatic carbocycles. The van der Waals surface area contributed by atoms with Crippen LogP contribution in [0, 0.1) is 11.3 Å². The first-order chi connectivity index (χ1) is 12.3. The van der Waals surface area contributed by atoms with E-state index in [2.05, 4.69) is 10.5 Å². The maximum absolute atomic E-state index is 12.2. The fraction of sp³-hybridized carbons (Fsp3) is 0.0500. The van der Waals surface area contributed by atoms with Crippen LogP contribution in [0.4, 0.5) is 0 Å². The Labute approximate surface area is 145 Å². The van der Waals surface area contributed by atoms with Crippen molar-refractivity contribution in [2.24, 2.45) is 5.10 Å². The molecular formula is C20H15N3O2. The second-order valence-corrected chi connectivity index (χ2v) is 5.25. The third-order valence-corrected chi connectivity index (χ3v) is 3.59. The second kappa shape index (κ2) is 7.75. The van der Waals surface area contributed by atoms with Gasteiger partial charge in [-0.15, -0.1) is 0 Å². The molecule has 0 radical (unpaired) electrons. The van der Waals surface area contributed by atoms with Crippen molar-refractivity contribution in [1.29, 1.82) is 5.26 Å². The van der Waals surface area contributed by atoms with Gasteiger partial charge in [-0.3, -0.25) is 4.79 Å². The molecule has 3 aromatic carbocycles. The number of hydrogen-bond acceptors (Lipinski definition) is 4. The molecule has 1 N–H and O–H groups in total. The quantitative estimate of drug-likeness (QED) is 0.575. The summed E-state index contributed by atoms with van der Waals surface area (Å²) in [6.07, 6.45) is 1.49. The molecule has 0 bridgehead atoms. The Kier molecular flexibility index (Phi) is 5.03. The monoisotopic (exact) mass is 329 g/mol. The molecule has 0 aliphatic rings. The van der Waals surface area contributed by atoms with Crippen molar-refractivity contribution in [1.82, 2.24) is 5.43 Å². The summed E-state index contributed by atoms with van der Waals surface area (Å²) in [7, 11) is 0. The number of nitriles is 1. The van der Waals surface area contributed by atoms with E-state index in [1.54, 1.807) is 24.3 Å². The number of nitrogens with one attached hydrogen (secondary N) is 1. The Morgan fingerprint density at radius 3 is 2.68 bits per heavy atom. The highest BCUT2D eigenvalue weighted by atomic mass is 16.5. The van der Waals surface area contributed by atoms with Gasteiger partial charge in [-0.2, -0.15) is 10.4 Å². The number of benzene rings is 3. The van der Waals surface area contributed by atoms with Gasteiger partial charge in [-0.1, -0.05) is 42.5 Å². The summed E-state index contributed by atoms with van der Waals surface area (Å²) < 4.78 is 5.31. The number of hydrogen-bond donors (Lipinski definition) is 1. The Balaban J connectivity index is 1.71. The number of hydrazone groups is 1. The van der Waals surface area contributed by atoms with Crippen molar-refractivity contribution >= 4 is 22.9 Å². The van der Waals surface area contributed by atoms with Crippen LogP contribution in [0.3, 0.4) is 0 Å². The molecule has 5 nitrogen and oxygen atoms in total. The molecule has 0 spiro atoms. The van der Waals surface area contributed by atoms with Crippen LogP contribution in [0.2, 0.25) is 0 Å². The van der Waals surface area contributed by atoms with E-state index in [9.17, 15) is 4.79 Å². The Hall–Kier alpha value is -3.65. The third-order valence-electron chi connectivity index (χ3n) is 3.59. The largest absolute Gasteiger partial charge is 0.478 e. The molecule has 1 amide bonds. The van der Waals surface area contributed by atoms with Crippen molar-refractivity contribution < 1.29 is 9.53 Å². The maximum Gasteiger partial charge on any atom is 0.271 e. The molecule has 0 unspecified atom stereocenters. The lowest BCUT2D eigenvalue weighted by Crippen LogP contribution is -2.17. The minimum absolute atomic E-state index is 0.0473. The SMILES string of the molecule is N#CCOc1ccccc1/C=N\NC(=O)c1ccc2ccccc2c1. The number of ether oxygens (including phenoxy) is 1.